The van der Waals surface area contributed by atoms with E-state index in [2.05, 4.69) is 27.2 Å². The van der Waals surface area contributed by atoms with Crippen LogP contribution in [0.2, 0.25) is 0 Å². The number of piperidine rings is 1. The van der Waals surface area contributed by atoms with E-state index in [0.29, 0.717) is 19.8 Å². The van der Waals surface area contributed by atoms with Gasteiger partial charge >= 0.3 is 0 Å². The van der Waals surface area contributed by atoms with E-state index in [1.807, 2.05) is 30.4 Å². The molecule has 1 atom stereocenters. The average Bonchev–Trinajstić information content (AvgIpc) is 2.68. The summed E-state index contributed by atoms with van der Waals surface area (Å²) < 4.78 is 6.14. The molecule has 0 bridgehead atoms. The van der Waals surface area contributed by atoms with Crippen molar-refractivity contribution in [3.8, 4) is 0 Å². The minimum absolute atomic E-state index is 0.0127. The molecule has 0 N–H and O–H groups in total. The SMILES string of the molecule is C1=CC(=NOCC(CN2CCCCC2)OCc2ccccc2)CN=C1. The first-order valence-electron chi connectivity index (χ1n) is 9.13. The van der Waals surface area contributed by atoms with Gasteiger partial charge in [0.05, 0.1) is 13.2 Å². The van der Waals surface area contributed by atoms with Gasteiger partial charge in [-0.1, -0.05) is 41.9 Å². The van der Waals surface area contributed by atoms with Crippen LogP contribution in [-0.4, -0.2) is 55.7 Å². The lowest BCUT2D eigenvalue weighted by atomic mass is 10.1. The standard InChI is InChI=1S/C20H27N3O2/c1-3-8-18(9-4-1)16-24-20(15-23-12-5-2-6-13-23)17-25-22-19-10-7-11-21-14-19/h1,3-4,7-11,20H,2,5-6,12-17H2. The van der Waals surface area contributed by atoms with E-state index in [0.717, 1.165) is 25.3 Å². The zero-order valence-electron chi connectivity index (χ0n) is 14.7. The van der Waals surface area contributed by atoms with Gasteiger partial charge in [0.25, 0.3) is 0 Å². The molecule has 0 saturated carbocycles. The van der Waals surface area contributed by atoms with E-state index in [1.54, 1.807) is 6.21 Å². The third kappa shape index (κ3) is 6.44. The lowest BCUT2D eigenvalue weighted by Crippen LogP contribution is -2.39. The topological polar surface area (TPSA) is 46.4 Å². The van der Waals surface area contributed by atoms with Gasteiger partial charge in [-0.05, 0) is 43.6 Å². The lowest BCUT2D eigenvalue weighted by Gasteiger charge is -2.30. The summed E-state index contributed by atoms with van der Waals surface area (Å²) in [6.07, 6.45) is 9.48. The highest BCUT2D eigenvalue weighted by Gasteiger charge is 2.18. The Morgan fingerprint density at radius 2 is 1.96 bits per heavy atom. The van der Waals surface area contributed by atoms with Crippen molar-refractivity contribution in [1.82, 2.24) is 4.90 Å². The molecule has 3 rings (SSSR count). The summed E-state index contributed by atoms with van der Waals surface area (Å²) in [5.41, 5.74) is 2.03. The molecule has 5 nitrogen and oxygen atoms in total. The number of aliphatic imine (C=N–C) groups is 1. The number of nitrogens with zero attached hydrogens (tertiary/aromatic N) is 3. The second-order valence-electron chi connectivity index (χ2n) is 6.51. The Kier molecular flexibility index (Phi) is 7.21. The molecule has 2 aliphatic heterocycles. The van der Waals surface area contributed by atoms with Gasteiger partial charge < -0.3 is 14.5 Å². The van der Waals surface area contributed by atoms with Crippen molar-refractivity contribution in [3.05, 3.63) is 48.0 Å². The number of rotatable bonds is 8. The second kappa shape index (κ2) is 10.1. The van der Waals surface area contributed by atoms with Crippen LogP contribution in [0.15, 0.2) is 52.6 Å². The number of oxime groups is 1. The van der Waals surface area contributed by atoms with Gasteiger partial charge in [0.2, 0.25) is 0 Å². The largest absolute Gasteiger partial charge is 0.393 e. The van der Waals surface area contributed by atoms with Crippen LogP contribution in [0.4, 0.5) is 0 Å². The van der Waals surface area contributed by atoms with E-state index >= 15 is 0 Å². The highest BCUT2D eigenvalue weighted by Crippen LogP contribution is 2.12. The molecule has 2 aliphatic rings. The normalized spacial score (nSPS) is 20.7. The van der Waals surface area contributed by atoms with Crippen molar-refractivity contribution in [1.29, 1.82) is 0 Å². The predicted molar refractivity (Wildman–Crippen MR) is 101 cm³/mol. The van der Waals surface area contributed by atoms with Crippen molar-refractivity contribution in [2.75, 3.05) is 32.8 Å². The maximum absolute atomic E-state index is 6.14. The van der Waals surface area contributed by atoms with Crippen LogP contribution in [0.25, 0.3) is 0 Å². The Balaban J connectivity index is 1.51. The number of benzene rings is 1. The summed E-state index contributed by atoms with van der Waals surface area (Å²) in [6, 6.07) is 10.3. The van der Waals surface area contributed by atoms with E-state index in [-0.39, 0.29) is 6.10 Å². The summed E-state index contributed by atoms with van der Waals surface area (Å²) in [7, 11) is 0. The number of ether oxygens (including phenoxy) is 1. The number of allylic oxidation sites excluding steroid dienone is 1. The van der Waals surface area contributed by atoms with E-state index in [4.69, 9.17) is 9.57 Å². The molecule has 1 unspecified atom stereocenters. The zero-order chi connectivity index (χ0) is 17.2. The molecule has 2 heterocycles. The van der Waals surface area contributed by atoms with Crippen LogP contribution in [0.3, 0.4) is 0 Å². The molecule has 1 aromatic carbocycles. The molecule has 1 aromatic rings. The summed E-state index contributed by atoms with van der Waals surface area (Å²) in [6.45, 7) is 4.84. The van der Waals surface area contributed by atoms with Crippen LogP contribution < -0.4 is 0 Å². The molecule has 0 aliphatic carbocycles. The fourth-order valence-electron chi connectivity index (χ4n) is 3.05. The molecule has 0 amide bonds. The second-order valence-corrected chi connectivity index (χ2v) is 6.51. The summed E-state index contributed by atoms with van der Waals surface area (Å²) in [5, 5.41) is 4.19. The molecule has 0 radical (unpaired) electrons. The predicted octanol–water partition coefficient (Wildman–Crippen LogP) is 3.07. The Labute approximate surface area is 150 Å². The van der Waals surface area contributed by atoms with Gasteiger partial charge in [0.15, 0.2) is 0 Å². The van der Waals surface area contributed by atoms with Gasteiger partial charge in [0.1, 0.15) is 18.4 Å². The molecule has 25 heavy (non-hydrogen) atoms. The minimum Gasteiger partial charge on any atom is -0.393 e. The highest BCUT2D eigenvalue weighted by atomic mass is 16.6. The third-order valence-corrected chi connectivity index (χ3v) is 4.41. The maximum atomic E-state index is 6.14. The Hall–Kier alpha value is -1.98. The first-order valence-corrected chi connectivity index (χ1v) is 9.13. The maximum Gasteiger partial charge on any atom is 0.144 e. The first kappa shape index (κ1) is 17.8. The number of likely N-dealkylation sites (tertiary alicyclic amines) is 1. The van der Waals surface area contributed by atoms with Gasteiger partial charge in [-0.15, -0.1) is 0 Å². The molecule has 0 spiro atoms. The average molecular weight is 341 g/mol. The molecule has 1 saturated heterocycles. The zero-order valence-corrected chi connectivity index (χ0v) is 14.7. The van der Waals surface area contributed by atoms with Crippen molar-refractivity contribution in [3.63, 3.8) is 0 Å². The van der Waals surface area contributed by atoms with Crippen LogP contribution in [0, 0.1) is 0 Å². The quantitative estimate of drug-likeness (QED) is 0.683. The fraction of sp³-hybridized carbons (Fsp3) is 0.500. The molecule has 134 valence electrons. The van der Waals surface area contributed by atoms with E-state index < -0.39 is 0 Å². The van der Waals surface area contributed by atoms with Crippen LogP contribution in [0.1, 0.15) is 24.8 Å². The minimum atomic E-state index is 0.0127. The molecule has 0 aromatic heterocycles. The van der Waals surface area contributed by atoms with Crippen molar-refractivity contribution in [2.24, 2.45) is 10.1 Å². The van der Waals surface area contributed by atoms with Crippen LogP contribution >= 0.6 is 0 Å². The highest BCUT2D eigenvalue weighted by molar-refractivity contribution is 6.01. The first-order chi connectivity index (χ1) is 12.4. The van der Waals surface area contributed by atoms with Crippen molar-refractivity contribution in [2.45, 2.75) is 32.0 Å². The Morgan fingerprint density at radius 3 is 2.72 bits per heavy atom. The van der Waals surface area contributed by atoms with Gasteiger partial charge in [0, 0.05) is 12.8 Å². The summed E-state index contributed by atoms with van der Waals surface area (Å²) in [4.78, 5) is 12.2. The molecule has 5 heteroatoms. The molecular formula is C20H27N3O2. The number of dihydropyridines is 1. The van der Waals surface area contributed by atoms with E-state index in [9.17, 15) is 0 Å². The lowest BCUT2D eigenvalue weighted by molar-refractivity contribution is -0.0413. The fourth-order valence-corrected chi connectivity index (χ4v) is 3.05. The summed E-state index contributed by atoms with van der Waals surface area (Å²) >= 11 is 0. The van der Waals surface area contributed by atoms with Crippen molar-refractivity contribution >= 4 is 11.9 Å². The monoisotopic (exact) mass is 341 g/mol. The van der Waals surface area contributed by atoms with Gasteiger partial charge in [-0.25, -0.2) is 0 Å². The van der Waals surface area contributed by atoms with E-state index in [1.165, 1.54) is 24.8 Å². The summed E-state index contributed by atoms with van der Waals surface area (Å²) in [5.74, 6) is 0. The number of hydrogen-bond acceptors (Lipinski definition) is 5. The Bertz CT molecular complexity index is 592. The van der Waals surface area contributed by atoms with Gasteiger partial charge in [-0.2, -0.15) is 0 Å². The Morgan fingerprint density at radius 1 is 1.12 bits per heavy atom. The van der Waals surface area contributed by atoms with Crippen LogP contribution in [0.5, 0.6) is 0 Å². The van der Waals surface area contributed by atoms with Gasteiger partial charge in [-0.3, -0.25) is 4.99 Å². The molecular weight excluding hydrogens is 314 g/mol. The third-order valence-electron chi connectivity index (χ3n) is 4.41. The van der Waals surface area contributed by atoms with Crippen LogP contribution in [-0.2, 0) is 16.2 Å². The van der Waals surface area contributed by atoms with Crippen molar-refractivity contribution < 1.29 is 9.57 Å². The number of hydrogen-bond donors (Lipinski definition) is 0. The molecule has 1 fully saturated rings. The smallest absolute Gasteiger partial charge is 0.144 e.